The highest BCUT2D eigenvalue weighted by Gasteiger charge is 2.36. The predicted octanol–water partition coefficient (Wildman–Crippen LogP) is 3.24. The second kappa shape index (κ2) is 8.48. The molecule has 33 heavy (non-hydrogen) atoms. The number of aryl methyl sites for hydroxylation is 1. The molecule has 1 aliphatic rings. The number of aromatic nitrogens is 2. The van der Waals surface area contributed by atoms with Crippen molar-refractivity contribution in [1.82, 2.24) is 15.3 Å². The summed E-state index contributed by atoms with van der Waals surface area (Å²) in [5, 5.41) is 28.3. The van der Waals surface area contributed by atoms with Crippen LogP contribution in [0.25, 0.3) is 11.3 Å². The maximum atomic E-state index is 14.2. The highest BCUT2D eigenvalue weighted by Crippen LogP contribution is 2.41. The Bertz CT molecular complexity index is 1300. The summed E-state index contributed by atoms with van der Waals surface area (Å²) in [7, 11) is 1.44. The summed E-state index contributed by atoms with van der Waals surface area (Å²) in [6.07, 6.45) is 1.58. The molecule has 4 N–H and O–H groups in total. The number of anilines is 3. The van der Waals surface area contributed by atoms with Gasteiger partial charge < -0.3 is 21.1 Å². The molecule has 9 heteroatoms. The first-order valence-corrected chi connectivity index (χ1v) is 10.4. The first kappa shape index (κ1) is 22.2. The average Bonchev–Trinajstić information content (AvgIpc) is 3.17. The molecule has 168 valence electrons. The van der Waals surface area contributed by atoms with Crippen molar-refractivity contribution in [2.45, 2.75) is 19.3 Å². The quantitative estimate of drug-likeness (QED) is 0.474. The van der Waals surface area contributed by atoms with Crippen molar-refractivity contribution in [2.75, 3.05) is 30.8 Å². The van der Waals surface area contributed by atoms with Gasteiger partial charge in [-0.1, -0.05) is 6.92 Å². The number of aliphatic hydroxyl groups is 1. The zero-order chi connectivity index (χ0) is 23.8. The number of hydrogen-bond donors (Lipinski definition) is 4. The van der Waals surface area contributed by atoms with Crippen LogP contribution >= 0.6 is 0 Å². The maximum absolute atomic E-state index is 14.2. The van der Waals surface area contributed by atoms with Gasteiger partial charge in [0.05, 0.1) is 29.1 Å². The number of carbonyl (C=O) groups excluding carboxylic acids is 1. The molecule has 1 atom stereocenters. The molecule has 4 rings (SSSR count). The van der Waals surface area contributed by atoms with E-state index >= 15 is 0 Å². The van der Waals surface area contributed by atoms with E-state index in [9.17, 15) is 19.6 Å². The fourth-order valence-electron chi connectivity index (χ4n) is 3.88. The van der Waals surface area contributed by atoms with Crippen LogP contribution in [0.4, 0.5) is 21.7 Å². The zero-order valence-electron chi connectivity index (χ0n) is 18.5. The summed E-state index contributed by atoms with van der Waals surface area (Å²) >= 11 is 0. The van der Waals surface area contributed by atoms with Gasteiger partial charge in [-0.2, -0.15) is 5.26 Å². The number of nitrogens with one attached hydrogen (secondary N) is 3. The standard InChI is InChI=1S/C24H23FN6O2/c1-13-6-18(25)16(22(33)27-3)9-20(13)31-23-28-5-4-19(30-23)14-7-15(10-26)21-17(8-14)24(2,12-32)11-29-21/h4-9,29,32H,11-12H2,1-3H3,(H,27,33)(H,28,30,31)/t24-/m1/s1. The first-order valence-electron chi connectivity index (χ1n) is 10.4. The molecule has 1 amide bonds. The highest BCUT2D eigenvalue weighted by atomic mass is 19.1. The number of halogens is 1. The number of nitrogens with zero attached hydrogens (tertiary/aromatic N) is 3. The first-order chi connectivity index (χ1) is 15.8. The monoisotopic (exact) mass is 446 g/mol. The molecule has 1 aromatic heterocycles. The van der Waals surface area contributed by atoms with Gasteiger partial charge in [0.15, 0.2) is 0 Å². The predicted molar refractivity (Wildman–Crippen MR) is 123 cm³/mol. The second-order valence-corrected chi connectivity index (χ2v) is 8.25. The molecule has 8 nitrogen and oxygen atoms in total. The number of nitriles is 1. The Labute approximate surface area is 190 Å². The third-order valence-electron chi connectivity index (χ3n) is 5.90. The third-order valence-corrected chi connectivity index (χ3v) is 5.90. The lowest BCUT2D eigenvalue weighted by Gasteiger charge is -2.21. The van der Waals surface area contributed by atoms with E-state index < -0.39 is 17.1 Å². The van der Waals surface area contributed by atoms with E-state index in [4.69, 9.17) is 0 Å². The number of rotatable bonds is 5. The van der Waals surface area contributed by atoms with Crippen LogP contribution in [-0.2, 0) is 5.41 Å². The molecule has 0 spiro atoms. The lowest BCUT2D eigenvalue weighted by molar-refractivity contribution is 0.0959. The minimum absolute atomic E-state index is 0.0601. The van der Waals surface area contributed by atoms with Gasteiger partial charge in [-0.05, 0) is 48.4 Å². The van der Waals surface area contributed by atoms with E-state index in [0.29, 0.717) is 34.6 Å². The molecule has 0 radical (unpaired) electrons. The van der Waals surface area contributed by atoms with Crippen molar-refractivity contribution in [3.8, 4) is 17.3 Å². The van der Waals surface area contributed by atoms with E-state index in [-0.39, 0.29) is 18.1 Å². The van der Waals surface area contributed by atoms with Crippen LogP contribution < -0.4 is 16.0 Å². The second-order valence-electron chi connectivity index (χ2n) is 8.25. The Morgan fingerprint density at radius 2 is 2.15 bits per heavy atom. The molecule has 0 aliphatic carbocycles. The molecule has 0 saturated heterocycles. The SMILES string of the molecule is CNC(=O)c1cc(Nc2nccc(-c3cc(C#N)c4c(c3)[C@@](C)(CO)CN4)n2)c(C)cc1F. The van der Waals surface area contributed by atoms with Crippen LogP contribution in [0, 0.1) is 24.1 Å². The fourth-order valence-corrected chi connectivity index (χ4v) is 3.88. The Hall–Kier alpha value is -4.03. The van der Waals surface area contributed by atoms with Crippen molar-refractivity contribution >= 4 is 23.2 Å². The Balaban J connectivity index is 1.73. The van der Waals surface area contributed by atoms with E-state index in [0.717, 1.165) is 11.3 Å². The lowest BCUT2D eigenvalue weighted by atomic mass is 9.83. The molecule has 3 aromatic rings. The maximum Gasteiger partial charge on any atom is 0.254 e. The summed E-state index contributed by atoms with van der Waals surface area (Å²) in [4.78, 5) is 20.8. The molecular weight excluding hydrogens is 423 g/mol. The summed E-state index contributed by atoms with van der Waals surface area (Å²) < 4.78 is 14.2. The molecule has 0 bridgehead atoms. The number of carbonyl (C=O) groups is 1. The Morgan fingerprint density at radius 3 is 2.85 bits per heavy atom. The van der Waals surface area contributed by atoms with Crippen molar-refractivity contribution in [2.24, 2.45) is 0 Å². The summed E-state index contributed by atoms with van der Waals surface area (Å²) in [6.45, 7) is 4.12. The molecule has 1 aliphatic heterocycles. The number of hydrogen-bond acceptors (Lipinski definition) is 7. The third kappa shape index (κ3) is 3.97. The largest absolute Gasteiger partial charge is 0.395 e. The summed E-state index contributed by atoms with van der Waals surface area (Å²) in [6, 6.07) is 10.3. The molecule has 2 heterocycles. The van der Waals surface area contributed by atoms with Crippen molar-refractivity contribution in [3.05, 3.63) is 64.6 Å². The van der Waals surface area contributed by atoms with Gasteiger partial charge in [0.25, 0.3) is 5.91 Å². The van der Waals surface area contributed by atoms with Gasteiger partial charge in [-0.15, -0.1) is 0 Å². The molecule has 0 saturated carbocycles. The van der Waals surface area contributed by atoms with Gasteiger partial charge in [-0.3, -0.25) is 4.79 Å². The number of benzene rings is 2. The molecule has 0 fully saturated rings. The van der Waals surface area contributed by atoms with Crippen LogP contribution in [0.5, 0.6) is 0 Å². The van der Waals surface area contributed by atoms with E-state index in [1.54, 1.807) is 25.3 Å². The summed E-state index contributed by atoms with van der Waals surface area (Å²) in [5.41, 5.74) is 3.83. The average molecular weight is 446 g/mol. The van der Waals surface area contributed by atoms with Gasteiger partial charge in [0, 0.05) is 36.5 Å². The smallest absolute Gasteiger partial charge is 0.254 e. The van der Waals surface area contributed by atoms with Gasteiger partial charge in [0.1, 0.15) is 11.9 Å². The highest BCUT2D eigenvalue weighted by molar-refractivity contribution is 5.95. The Kier molecular flexibility index (Phi) is 5.70. The minimum Gasteiger partial charge on any atom is -0.395 e. The minimum atomic E-state index is -0.616. The Morgan fingerprint density at radius 1 is 1.36 bits per heavy atom. The van der Waals surface area contributed by atoms with Gasteiger partial charge in [-0.25, -0.2) is 14.4 Å². The van der Waals surface area contributed by atoms with Gasteiger partial charge >= 0.3 is 0 Å². The summed E-state index contributed by atoms with van der Waals surface area (Å²) in [5.74, 6) is -0.894. The van der Waals surface area contributed by atoms with Gasteiger partial charge in [0.2, 0.25) is 5.95 Å². The van der Waals surface area contributed by atoms with Crippen LogP contribution in [0.15, 0.2) is 36.5 Å². The number of aliphatic hydroxyl groups excluding tert-OH is 1. The normalized spacial score (nSPS) is 16.5. The van der Waals surface area contributed by atoms with Crippen molar-refractivity contribution in [1.29, 1.82) is 5.26 Å². The van der Waals surface area contributed by atoms with E-state index in [1.165, 1.54) is 19.2 Å². The van der Waals surface area contributed by atoms with Crippen LogP contribution in [0.1, 0.15) is 34.0 Å². The van der Waals surface area contributed by atoms with E-state index in [1.807, 2.05) is 13.0 Å². The van der Waals surface area contributed by atoms with Crippen LogP contribution in [0.3, 0.4) is 0 Å². The zero-order valence-corrected chi connectivity index (χ0v) is 18.5. The molecule has 0 unspecified atom stereocenters. The number of amides is 1. The lowest BCUT2D eigenvalue weighted by Crippen LogP contribution is -2.28. The van der Waals surface area contributed by atoms with E-state index in [2.05, 4.69) is 32.0 Å². The van der Waals surface area contributed by atoms with Crippen molar-refractivity contribution in [3.63, 3.8) is 0 Å². The molecular formula is C24H23FN6O2. The number of fused-ring (bicyclic) bond motifs is 1. The molecule has 2 aromatic carbocycles. The van der Waals surface area contributed by atoms with Crippen LogP contribution in [-0.4, -0.2) is 41.2 Å². The van der Waals surface area contributed by atoms with Crippen molar-refractivity contribution < 1.29 is 14.3 Å². The fraction of sp³-hybridized carbons (Fsp3) is 0.250. The topological polar surface area (TPSA) is 123 Å². The van der Waals surface area contributed by atoms with Crippen LogP contribution in [0.2, 0.25) is 0 Å².